The number of rotatable bonds is 8. The van der Waals surface area contributed by atoms with Crippen LogP contribution < -0.4 is 15.4 Å². The van der Waals surface area contributed by atoms with Crippen molar-refractivity contribution in [3.05, 3.63) is 58.9 Å². The zero-order chi connectivity index (χ0) is 20.5. The van der Waals surface area contributed by atoms with Crippen LogP contribution >= 0.6 is 11.6 Å². The number of carbonyl (C=O) groups excluding carboxylic acids is 3. The molecule has 0 aliphatic heterocycles. The molecule has 0 bridgehead atoms. The molecule has 0 unspecified atom stereocenters. The zero-order valence-corrected chi connectivity index (χ0v) is 15.7. The number of carbonyl (C=O) groups is 3. The minimum atomic E-state index is -0.792. The average Bonchev–Trinajstić information content (AvgIpc) is 2.67. The highest BCUT2D eigenvalue weighted by molar-refractivity contribution is 6.33. The Bertz CT molecular complexity index is 858. The molecule has 2 rings (SSSR count). The minimum Gasteiger partial charge on any atom is -0.494 e. The maximum absolute atomic E-state index is 13.0. The molecule has 0 saturated heterocycles. The van der Waals surface area contributed by atoms with Crippen LogP contribution in [-0.4, -0.2) is 37.5 Å². The van der Waals surface area contributed by atoms with Gasteiger partial charge in [0.15, 0.2) is 6.61 Å². The molecule has 0 fully saturated rings. The predicted molar refractivity (Wildman–Crippen MR) is 101 cm³/mol. The summed E-state index contributed by atoms with van der Waals surface area (Å²) in [6.45, 7) is 1.38. The molecule has 7 nitrogen and oxygen atoms in total. The molecule has 2 amide bonds. The second-order valence-electron chi connectivity index (χ2n) is 5.47. The minimum absolute atomic E-state index is 0.0160. The summed E-state index contributed by atoms with van der Waals surface area (Å²) in [5, 5.41) is 4.79. The molecular formula is C19H18ClFN2O5. The lowest BCUT2D eigenvalue weighted by molar-refractivity contribution is -0.146. The Kier molecular flexibility index (Phi) is 7.76. The lowest BCUT2D eigenvalue weighted by Gasteiger charge is -2.09. The molecule has 9 heteroatoms. The summed E-state index contributed by atoms with van der Waals surface area (Å²) >= 11 is 5.79. The number of ether oxygens (including phenoxy) is 2. The first-order valence-electron chi connectivity index (χ1n) is 8.30. The van der Waals surface area contributed by atoms with Crippen molar-refractivity contribution in [1.29, 1.82) is 0 Å². The standard InChI is InChI=1S/C19H18ClFN2O5/c1-2-27-14-6-3-12(4-7-14)19(26)22-10-18(25)28-11-17(24)23-16-8-5-13(21)9-15(16)20/h3-9H,2,10-11H2,1H3,(H,22,26)(H,23,24). The van der Waals surface area contributed by atoms with E-state index in [0.29, 0.717) is 17.9 Å². The first kappa shape index (κ1) is 21.2. The van der Waals surface area contributed by atoms with Gasteiger partial charge in [-0.15, -0.1) is 0 Å². The Hall–Kier alpha value is -3.13. The van der Waals surface area contributed by atoms with Crippen LogP contribution in [0.4, 0.5) is 10.1 Å². The highest BCUT2D eigenvalue weighted by Crippen LogP contribution is 2.22. The van der Waals surface area contributed by atoms with Crippen LogP contribution in [0.15, 0.2) is 42.5 Å². The van der Waals surface area contributed by atoms with Crippen LogP contribution in [0.5, 0.6) is 5.75 Å². The SMILES string of the molecule is CCOc1ccc(C(=O)NCC(=O)OCC(=O)Nc2ccc(F)cc2Cl)cc1. The van der Waals surface area contributed by atoms with Gasteiger partial charge in [-0.2, -0.15) is 0 Å². The van der Waals surface area contributed by atoms with Gasteiger partial charge in [-0.3, -0.25) is 14.4 Å². The molecule has 0 saturated carbocycles. The lowest BCUT2D eigenvalue weighted by atomic mass is 10.2. The van der Waals surface area contributed by atoms with Gasteiger partial charge in [-0.1, -0.05) is 11.6 Å². The molecule has 0 aliphatic carbocycles. The van der Waals surface area contributed by atoms with Gasteiger partial charge in [0, 0.05) is 5.56 Å². The summed E-state index contributed by atoms with van der Waals surface area (Å²) in [7, 11) is 0. The molecular weight excluding hydrogens is 391 g/mol. The molecule has 148 valence electrons. The monoisotopic (exact) mass is 408 g/mol. The second kappa shape index (κ2) is 10.3. The Balaban J connectivity index is 1.74. The molecule has 2 aromatic carbocycles. The number of nitrogens with one attached hydrogen (secondary N) is 2. The molecule has 2 aromatic rings. The fraction of sp³-hybridized carbons (Fsp3) is 0.211. The van der Waals surface area contributed by atoms with Crippen molar-refractivity contribution < 1.29 is 28.2 Å². The Morgan fingerprint density at radius 3 is 2.46 bits per heavy atom. The highest BCUT2D eigenvalue weighted by atomic mass is 35.5. The Morgan fingerprint density at radius 2 is 1.82 bits per heavy atom. The second-order valence-corrected chi connectivity index (χ2v) is 5.88. The summed E-state index contributed by atoms with van der Waals surface area (Å²) in [5.74, 6) is -1.83. The van der Waals surface area contributed by atoms with E-state index >= 15 is 0 Å². The highest BCUT2D eigenvalue weighted by Gasteiger charge is 2.12. The van der Waals surface area contributed by atoms with Crippen molar-refractivity contribution in [2.75, 3.05) is 25.1 Å². The van der Waals surface area contributed by atoms with Gasteiger partial charge >= 0.3 is 5.97 Å². The number of amides is 2. The van der Waals surface area contributed by atoms with Crippen molar-refractivity contribution in [1.82, 2.24) is 5.32 Å². The van der Waals surface area contributed by atoms with E-state index in [0.717, 1.165) is 12.1 Å². The number of esters is 1. The van der Waals surface area contributed by atoms with E-state index in [1.54, 1.807) is 24.3 Å². The first-order valence-corrected chi connectivity index (χ1v) is 8.68. The maximum Gasteiger partial charge on any atom is 0.325 e. The van der Waals surface area contributed by atoms with E-state index in [1.165, 1.54) is 6.07 Å². The largest absolute Gasteiger partial charge is 0.494 e. The Morgan fingerprint density at radius 1 is 1.11 bits per heavy atom. The lowest BCUT2D eigenvalue weighted by Crippen LogP contribution is -2.32. The maximum atomic E-state index is 13.0. The third-order valence-electron chi connectivity index (χ3n) is 3.39. The molecule has 28 heavy (non-hydrogen) atoms. The van der Waals surface area contributed by atoms with Gasteiger partial charge in [0.05, 0.1) is 17.3 Å². The van der Waals surface area contributed by atoms with E-state index < -0.39 is 36.8 Å². The van der Waals surface area contributed by atoms with Gasteiger partial charge in [-0.05, 0) is 49.4 Å². The van der Waals surface area contributed by atoms with Gasteiger partial charge in [-0.25, -0.2) is 4.39 Å². The van der Waals surface area contributed by atoms with Crippen molar-refractivity contribution in [2.45, 2.75) is 6.92 Å². The van der Waals surface area contributed by atoms with E-state index in [1.807, 2.05) is 6.92 Å². The molecule has 0 heterocycles. The van der Waals surface area contributed by atoms with Crippen LogP contribution in [0.1, 0.15) is 17.3 Å². The van der Waals surface area contributed by atoms with Crippen LogP contribution in [0, 0.1) is 5.82 Å². The van der Waals surface area contributed by atoms with E-state index in [4.69, 9.17) is 21.1 Å². The van der Waals surface area contributed by atoms with Crippen molar-refractivity contribution in [2.24, 2.45) is 0 Å². The molecule has 0 radical (unpaired) electrons. The van der Waals surface area contributed by atoms with E-state index in [2.05, 4.69) is 10.6 Å². The van der Waals surface area contributed by atoms with Crippen molar-refractivity contribution in [3.63, 3.8) is 0 Å². The number of anilines is 1. The summed E-state index contributed by atoms with van der Waals surface area (Å²) in [6, 6.07) is 9.86. The van der Waals surface area contributed by atoms with Crippen LogP contribution in [0.3, 0.4) is 0 Å². The molecule has 0 aliphatic rings. The topological polar surface area (TPSA) is 93.7 Å². The fourth-order valence-corrected chi connectivity index (χ4v) is 2.31. The predicted octanol–water partition coefficient (Wildman–Crippen LogP) is 2.79. The first-order chi connectivity index (χ1) is 13.4. The van der Waals surface area contributed by atoms with Gasteiger partial charge < -0.3 is 20.1 Å². The van der Waals surface area contributed by atoms with Crippen LogP contribution in [0.2, 0.25) is 5.02 Å². The molecule has 2 N–H and O–H groups in total. The zero-order valence-electron chi connectivity index (χ0n) is 15.0. The van der Waals surface area contributed by atoms with Crippen LogP contribution in [-0.2, 0) is 14.3 Å². The summed E-state index contributed by atoms with van der Waals surface area (Å²) in [4.78, 5) is 35.4. The number of halogens is 2. The molecule has 0 spiro atoms. The Labute approximate surface area is 165 Å². The summed E-state index contributed by atoms with van der Waals surface area (Å²) in [5.41, 5.74) is 0.535. The molecule has 0 aromatic heterocycles. The smallest absolute Gasteiger partial charge is 0.325 e. The molecule has 0 atom stereocenters. The number of hydrogen-bond donors (Lipinski definition) is 2. The van der Waals surface area contributed by atoms with Crippen molar-refractivity contribution >= 4 is 35.1 Å². The van der Waals surface area contributed by atoms with E-state index in [9.17, 15) is 18.8 Å². The quantitative estimate of drug-likeness (QED) is 0.655. The fourth-order valence-electron chi connectivity index (χ4n) is 2.10. The van der Waals surface area contributed by atoms with Gasteiger partial charge in [0.25, 0.3) is 11.8 Å². The normalized spacial score (nSPS) is 10.1. The van der Waals surface area contributed by atoms with E-state index in [-0.39, 0.29) is 10.7 Å². The summed E-state index contributed by atoms with van der Waals surface area (Å²) < 4.78 is 23.0. The summed E-state index contributed by atoms with van der Waals surface area (Å²) in [6.07, 6.45) is 0. The van der Waals surface area contributed by atoms with Gasteiger partial charge in [0.1, 0.15) is 18.1 Å². The van der Waals surface area contributed by atoms with Crippen LogP contribution in [0.25, 0.3) is 0 Å². The van der Waals surface area contributed by atoms with Crippen molar-refractivity contribution in [3.8, 4) is 5.75 Å². The average molecular weight is 409 g/mol. The van der Waals surface area contributed by atoms with Gasteiger partial charge in [0.2, 0.25) is 0 Å². The number of hydrogen-bond acceptors (Lipinski definition) is 5. The number of benzene rings is 2. The third kappa shape index (κ3) is 6.55. The third-order valence-corrected chi connectivity index (χ3v) is 3.70.